The zero-order chi connectivity index (χ0) is 23.6. The first kappa shape index (κ1) is 24.2. The molecule has 0 saturated heterocycles. The fraction of sp³-hybridized carbons (Fsp3) is 0.238. The molecular formula is C21H20Cl2N2O6S. The second-order valence-corrected chi connectivity index (χ2v) is 9.64. The molecule has 3 atom stereocenters. The number of carbonyl (C=O) groups excluding carboxylic acids is 2. The van der Waals surface area contributed by atoms with Crippen LogP contribution in [0.2, 0.25) is 10.0 Å². The lowest BCUT2D eigenvalue weighted by Crippen LogP contribution is -2.49. The van der Waals surface area contributed by atoms with Gasteiger partial charge in [0.1, 0.15) is 6.04 Å². The number of hydrogen-bond acceptors (Lipinski definition) is 6. The largest absolute Gasteiger partial charge is 0.453 e. The van der Waals surface area contributed by atoms with Gasteiger partial charge in [0.25, 0.3) is 0 Å². The number of sulfonamides is 1. The number of halogens is 2. The number of ether oxygens (including phenoxy) is 1. The Morgan fingerprint density at radius 2 is 1.78 bits per heavy atom. The topological polar surface area (TPSA) is 126 Å². The zero-order valence-corrected chi connectivity index (χ0v) is 19.3. The number of ketones is 1. The average molecular weight is 499 g/mol. The number of nitrogens with one attached hydrogen (secondary N) is 2. The van der Waals surface area contributed by atoms with Crippen molar-refractivity contribution >= 4 is 55.9 Å². The van der Waals surface area contributed by atoms with Crippen molar-refractivity contribution in [2.45, 2.75) is 37.0 Å². The second-order valence-electron chi connectivity index (χ2n) is 7.11. The zero-order valence-electron chi connectivity index (χ0n) is 17.0. The first-order chi connectivity index (χ1) is 15.0. The summed E-state index contributed by atoms with van der Waals surface area (Å²) >= 11 is 11.7. The fourth-order valence-corrected chi connectivity index (χ4v) is 4.66. The van der Waals surface area contributed by atoms with Crippen molar-refractivity contribution in [1.82, 2.24) is 9.71 Å². The highest BCUT2D eigenvalue weighted by molar-refractivity contribution is 7.89. The van der Waals surface area contributed by atoms with Crippen LogP contribution in [0.25, 0.3) is 10.9 Å². The summed E-state index contributed by atoms with van der Waals surface area (Å²) in [6, 6.07) is 9.06. The molecule has 3 rings (SSSR count). The summed E-state index contributed by atoms with van der Waals surface area (Å²) < 4.78 is 32.6. The summed E-state index contributed by atoms with van der Waals surface area (Å²) in [5, 5.41) is 10.8. The van der Waals surface area contributed by atoms with Crippen molar-refractivity contribution in [3.63, 3.8) is 0 Å². The minimum atomic E-state index is -4.26. The summed E-state index contributed by atoms with van der Waals surface area (Å²) in [5.74, 6) is -1.59. The van der Waals surface area contributed by atoms with Gasteiger partial charge < -0.3 is 14.8 Å². The van der Waals surface area contributed by atoms with Gasteiger partial charge in [0.15, 0.2) is 6.10 Å². The van der Waals surface area contributed by atoms with Gasteiger partial charge in [-0.15, -0.1) is 0 Å². The Hall–Kier alpha value is -2.43. The molecule has 3 unspecified atom stereocenters. The van der Waals surface area contributed by atoms with Crippen LogP contribution >= 0.6 is 23.2 Å². The second kappa shape index (κ2) is 9.60. The molecule has 0 aliphatic carbocycles. The van der Waals surface area contributed by atoms with Crippen molar-refractivity contribution in [2.75, 3.05) is 0 Å². The van der Waals surface area contributed by atoms with E-state index in [-0.39, 0.29) is 14.9 Å². The molecular weight excluding hydrogens is 479 g/mol. The van der Waals surface area contributed by atoms with Crippen LogP contribution in [0.4, 0.5) is 0 Å². The van der Waals surface area contributed by atoms with Gasteiger partial charge in [0.05, 0.1) is 21.0 Å². The number of fused-ring (bicyclic) bond motifs is 1. The van der Waals surface area contributed by atoms with Crippen LogP contribution in [0.1, 0.15) is 24.2 Å². The highest BCUT2D eigenvalue weighted by Gasteiger charge is 2.33. The number of rotatable bonds is 8. The lowest BCUT2D eigenvalue weighted by atomic mass is 10.1. The third-order valence-electron chi connectivity index (χ3n) is 4.74. The minimum absolute atomic E-state index is 0.00339. The number of aromatic amines is 1. The Kier molecular flexibility index (Phi) is 7.26. The molecule has 1 heterocycles. The number of benzene rings is 2. The molecule has 8 nitrogen and oxygen atoms in total. The number of para-hydroxylation sites is 1. The number of carbonyl (C=O) groups is 2. The number of hydrogen-bond donors (Lipinski definition) is 3. The molecule has 0 fully saturated rings. The quantitative estimate of drug-likeness (QED) is 0.323. The van der Waals surface area contributed by atoms with Gasteiger partial charge in [-0.1, -0.05) is 41.4 Å². The molecule has 0 aliphatic rings. The monoisotopic (exact) mass is 498 g/mol. The molecule has 0 spiro atoms. The van der Waals surface area contributed by atoms with Gasteiger partial charge in [0.2, 0.25) is 15.8 Å². The van der Waals surface area contributed by atoms with E-state index in [0.717, 1.165) is 11.6 Å². The molecule has 170 valence electrons. The molecule has 2 aromatic carbocycles. The van der Waals surface area contributed by atoms with Crippen LogP contribution < -0.4 is 4.72 Å². The maximum absolute atomic E-state index is 12.8. The van der Waals surface area contributed by atoms with Crippen LogP contribution in [0, 0.1) is 0 Å². The highest BCUT2D eigenvalue weighted by Crippen LogP contribution is 2.25. The molecule has 0 bridgehead atoms. The Balaban J connectivity index is 1.77. The molecule has 0 aliphatic heterocycles. The normalized spacial score (nSPS) is 14.7. The van der Waals surface area contributed by atoms with Gasteiger partial charge in [-0.2, -0.15) is 4.72 Å². The first-order valence-electron chi connectivity index (χ1n) is 9.47. The van der Waals surface area contributed by atoms with Gasteiger partial charge in [-0.25, -0.2) is 8.42 Å². The third kappa shape index (κ3) is 5.13. The number of Topliss-reactive ketones (excluding diaryl/α,β-unsaturated/α-hetero) is 1. The average Bonchev–Trinajstić information content (AvgIpc) is 3.17. The summed E-state index contributed by atoms with van der Waals surface area (Å²) in [5.41, 5.74) is 1.07. The predicted molar refractivity (Wildman–Crippen MR) is 120 cm³/mol. The van der Waals surface area contributed by atoms with E-state index in [1.807, 2.05) is 6.07 Å². The summed E-state index contributed by atoms with van der Waals surface area (Å²) in [6.45, 7) is 2.59. The lowest BCUT2D eigenvalue weighted by molar-refractivity contribution is -0.150. The lowest BCUT2D eigenvalue weighted by Gasteiger charge is -2.22. The number of H-pyrrole nitrogens is 1. The van der Waals surface area contributed by atoms with Gasteiger partial charge >= 0.3 is 5.97 Å². The predicted octanol–water partition coefficient (Wildman–Crippen LogP) is 3.32. The molecule has 3 N–H and O–H groups in total. The van der Waals surface area contributed by atoms with E-state index in [4.69, 9.17) is 27.9 Å². The van der Waals surface area contributed by atoms with Gasteiger partial charge in [-0.3, -0.25) is 9.59 Å². The minimum Gasteiger partial charge on any atom is -0.453 e. The third-order valence-corrected chi connectivity index (χ3v) is 6.91. The SMILES string of the molecule is CC(OC(=O)C(NS(=O)(=O)c1ccc(Cl)c(Cl)c1)C(C)O)C(=O)c1c[nH]c2ccccc12. The number of aromatic nitrogens is 1. The molecule has 11 heteroatoms. The van der Waals surface area contributed by atoms with E-state index < -0.39 is 40.0 Å². The highest BCUT2D eigenvalue weighted by atomic mass is 35.5. The number of aliphatic hydroxyl groups excluding tert-OH is 1. The van der Waals surface area contributed by atoms with Crippen molar-refractivity contribution in [3.05, 3.63) is 64.3 Å². The van der Waals surface area contributed by atoms with Crippen molar-refractivity contribution < 1.29 is 27.9 Å². The summed E-state index contributed by atoms with van der Waals surface area (Å²) in [4.78, 5) is 28.2. The Morgan fingerprint density at radius 1 is 1.09 bits per heavy atom. The van der Waals surface area contributed by atoms with Crippen molar-refractivity contribution in [3.8, 4) is 0 Å². The summed E-state index contributed by atoms with van der Waals surface area (Å²) in [7, 11) is -4.26. The molecule has 0 amide bonds. The molecule has 3 aromatic rings. The van der Waals surface area contributed by atoms with Crippen LogP contribution in [0.15, 0.2) is 53.6 Å². The van der Waals surface area contributed by atoms with Crippen LogP contribution in [-0.4, -0.2) is 48.5 Å². The Bertz CT molecular complexity index is 1270. The number of esters is 1. The number of aliphatic hydroxyl groups is 1. The molecule has 32 heavy (non-hydrogen) atoms. The van der Waals surface area contributed by atoms with E-state index in [2.05, 4.69) is 9.71 Å². The Labute approximate surface area is 194 Å². The molecule has 0 saturated carbocycles. The first-order valence-corrected chi connectivity index (χ1v) is 11.7. The molecule has 1 aromatic heterocycles. The van der Waals surface area contributed by atoms with E-state index in [1.165, 1.54) is 32.2 Å². The van der Waals surface area contributed by atoms with E-state index in [9.17, 15) is 23.1 Å². The van der Waals surface area contributed by atoms with Crippen molar-refractivity contribution in [1.29, 1.82) is 0 Å². The Morgan fingerprint density at radius 3 is 2.44 bits per heavy atom. The van der Waals surface area contributed by atoms with Gasteiger partial charge in [0, 0.05) is 22.7 Å². The van der Waals surface area contributed by atoms with Crippen LogP contribution in [-0.2, 0) is 19.6 Å². The van der Waals surface area contributed by atoms with Crippen LogP contribution in [0.5, 0.6) is 0 Å². The van der Waals surface area contributed by atoms with Crippen molar-refractivity contribution in [2.24, 2.45) is 0 Å². The van der Waals surface area contributed by atoms with Crippen LogP contribution in [0.3, 0.4) is 0 Å². The smallest absolute Gasteiger partial charge is 0.327 e. The maximum Gasteiger partial charge on any atom is 0.327 e. The van der Waals surface area contributed by atoms with E-state index >= 15 is 0 Å². The van der Waals surface area contributed by atoms with E-state index in [1.54, 1.807) is 18.2 Å². The van der Waals surface area contributed by atoms with Gasteiger partial charge in [-0.05, 0) is 38.1 Å². The van der Waals surface area contributed by atoms with E-state index in [0.29, 0.717) is 10.9 Å². The fourth-order valence-electron chi connectivity index (χ4n) is 3.02. The molecule has 0 radical (unpaired) electrons. The maximum atomic E-state index is 12.8. The standard InChI is InChI=1S/C21H20Cl2N2O6S/c1-11(26)19(25-32(29,30)13-7-8-16(22)17(23)9-13)21(28)31-12(2)20(27)15-10-24-18-6-4-3-5-14(15)18/h3-12,19,24-26H,1-2H3. The summed E-state index contributed by atoms with van der Waals surface area (Å²) in [6.07, 6.45) is -1.16.